The van der Waals surface area contributed by atoms with Crippen LogP contribution in [0.2, 0.25) is 0 Å². The molecule has 0 radical (unpaired) electrons. The summed E-state index contributed by atoms with van der Waals surface area (Å²) in [4.78, 5) is 15.0. The molecule has 1 atom stereocenters. The number of thiophene rings is 1. The Labute approximate surface area is 137 Å². The number of likely N-dealkylation sites (N-methyl/N-ethyl adjacent to an activating group) is 1. The van der Waals surface area contributed by atoms with Gasteiger partial charge in [0.1, 0.15) is 6.54 Å². The second kappa shape index (κ2) is 8.11. The van der Waals surface area contributed by atoms with Crippen LogP contribution in [0.25, 0.3) is 0 Å². The molecule has 22 heavy (non-hydrogen) atoms. The normalized spacial score (nSPS) is 12.1. The lowest BCUT2D eigenvalue weighted by Crippen LogP contribution is -3.11. The lowest BCUT2D eigenvalue weighted by atomic mass is 10.1. The quantitative estimate of drug-likeness (QED) is 0.809. The summed E-state index contributed by atoms with van der Waals surface area (Å²) in [6.45, 7) is 8.65. The van der Waals surface area contributed by atoms with Crippen molar-refractivity contribution in [2.24, 2.45) is 0 Å². The highest BCUT2D eigenvalue weighted by Gasteiger charge is 2.15. The van der Waals surface area contributed by atoms with E-state index in [1.807, 2.05) is 19.1 Å². The van der Waals surface area contributed by atoms with E-state index in [0.29, 0.717) is 6.54 Å². The van der Waals surface area contributed by atoms with Crippen molar-refractivity contribution in [2.75, 3.05) is 18.4 Å². The first kappa shape index (κ1) is 16.7. The first-order valence-corrected chi connectivity index (χ1v) is 8.76. The standard InChI is InChI=1S/C18H24N2OS/c1-4-15-9-6-8-14(3)18(15)19-17(21)13-20(5-2)12-16-10-7-11-22-16/h6-11H,4-5,12-13H2,1-3H3,(H,19,21)/p+1. The summed E-state index contributed by atoms with van der Waals surface area (Å²) in [5.41, 5.74) is 3.32. The fourth-order valence-electron chi connectivity index (χ4n) is 2.58. The second-order valence-electron chi connectivity index (χ2n) is 5.55. The average Bonchev–Trinajstić information content (AvgIpc) is 3.01. The molecule has 4 heteroatoms. The average molecular weight is 317 g/mol. The molecule has 2 rings (SSSR count). The van der Waals surface area contributed by atoms with E-state index >= 15 is 0 Å². The number of benzene rings is 1. The van der Waals surface area contributed by atoms with Crippen molar-refractivity contribution < 1.29 is 9.69 Å². The Bertz CT molecular complexity index is 608. The molecule has 3 nitrogen and oxygen atoms in total. The summed E-state index contributed by atoms with van der Waals surface area (Å²) in [5, 5.41) is 5.20. The van der Waals surface area contributed by atoms with Gasteiger partial charge in [0, 0.05) is 5.69 Å². The van der Waals surface area contributed by atoms with E-state index in [-0.39, 0.29) is 5.91 Å². The third-order valence-electron chi connectivity index (χ3n) is 3.92. The molecule has 1 unspecified atom stereocenters. The molecule has 0 saturated carbocycles. The lowest BCUT2D eigenvalue weighted by molar-refractivity contribution is -0.903. The van der Waals surface area contributed by atoms with Crippen LogP contribution in [0.4, 0.5) is 5.69 Å². The molecule has 1 heterocycles. The third kappa shape index (κ3) is 4.42. The van der Waals surface area contributed by atoms with Gasteiger partial charge in [-0.3, -0.25) is 4.79 Å². The molecule has 0 saturated heterocycles. The maximum atomic E-state index is 12.4. The number of hydrogen-bond acceptors (Lipinski definition) is 2. The van der Waals surface area contributed by atoms with Crippen molar-refractivity contribution in [3.8, 4) is 0 Å². The third-order valence-corrected chi connectivity index (χ3v) is 4.80. The molecule has 0 aliphatic heterocycles. The summed E-state index contributed by atoms with van der Waals surface area (Å²) in [5.74, 6) is 0.0948. The molecular formula is C18H25N2OS+. The SMILES string of the molecule is CCc1cccc(C)c1NC(=O)C[NH+](CC)Cc1cccs1. The zero-order valence-corrected chi connectivity index (χ0v) is 14.4. The monoisotopic (exact) mass is 317 g/mol. The number of hydrogen-bond donors (Lipinski definition) is 2. The fraction of sp³-hybridized carbons (Fsp3) is 0.389. The summed E-state index contributed by atoms with van der Waals surface area (Å²) >= 11 is 1.75. The molecule has 118 valence electrons. The van der Waals surface area contributed by atoms with Gasteiger partial charge < -0.3 is 10.2 Å². The van der Waals surface area contributed by atoms with Crippen LogP contribution in [0, 0.1) is 6.92 Å². The Hall–Kier alpha value is -1.65. The Morgan fingerprint density at radius 3 is 2.68 bits per heavy atom. The Kier molecular flexibility index (Phi) is 6.16. The van der Waals surface area contributed by atoms with E-state index in [2.05, 4.69) is 42.7 Å². The summed E-state index contributed by atoms with van der Waals surface area (Å²) < 4.78 is 0. The van der Waals surface area contributed by atoms with Crippen molar-refractivity contribution >= 4 is 22.9 Å². The predicted octanol–water partition coefficient (Wildman–Crippen LogP) is 2.66. The van der Waals surface area contributed by atoms with Crippen LogP contribution in [-0.4, -0.2) is 19.0 Å². The summed E-state index contributed by atoms with van der Waals surface area (Å²) in [6, 6.07) is 10.4. The van der Waals surface area contributed by atoms with E-state index in [1.54, 1.807) is 11.3 Å². The lowest BCUT2D eigenvalue weighted by Gasteiger charge is -2.18. The number of aryl methyl sites for hydroxylation is 2. The number of quaternary nitrogens is 1. The van der Waals surface area contributed by atoms with Gasteiger partial charge in [-0.25, -0.2) is 0 Å². The van der Waals surface area contributed by atoms with Gasteiger partial charge in [-0.15, -0.1) is 11.3 Å². The van der Waals surface area contributed by atoms with E-state index in [9.17, 15) is 4.79 Å². The highest BCUT2D eigenvalue weighted by molar-refractivity contribution is 7.09. The number of nitrogens with one attached hydrogen (secondary N) is 2. The molecule has 2 aromatic rings. The van der Waals surface area contributed by atoms with Gasteiger partial charge in [0.15, 0.2) is 6.54 Å². The molecule has 2 N–H and O–H groups in total. The van der Waals surface area contributed by atoms with Crippen LogP contribution >= 0.6 is 11.3 Å². The van der Waals surface area contributed by atoms with E-state index in [0.717, 1.165) is 30.8 Å². The summed E-state index contributed by atoms with van der Waals surface area (Å²) in [6.07, 6.45) is 0.927. The van der Waals surface area contributed by atoms with Crippen LogP contribution < -0.4 is 10.2 Å². The minimum Gasteiger partial charge on any atom is -0.323 e. The topological polar surface area (TPSA) is 33.5 Å². The smallest absolute Gasteiger partial charge is 0.279 e. The first-order chi connectivity index (χ1) is 10.6. The van der Waals surface area contributed by atoms with Gasteiger partial charge in [-0.05, 0) is 42.8 Å². The van der Waals surface area contributed by atoms with Gasteiger partial charge in [-0.2, -0.15) is 0 Å². The van der Waals surface area contributed by atoms with Gasteiger partial charge in [0.25, 0.3) is 5.91 Å². The van der Waals surface area contributed by atoms with Gasteiger partial charge in [-0.1, -0.05) is 31.2 Å². The molecule has 1 aromatic carbocycles. The number of amides is 1. The van der Waals surface area contributed by atoms with Crippen molar-refractivity contribution in [1.29, 1.82) is 0 Å². The molecule has 0 fully saturated rings. The molecule has 0 spiro atoms. The zero-order valence-electron chi connectivity index (χ0n) is 13.6. The number of para-hydroxylation sites is 1. The number of carbonyl (C=O) groups is 1. The highest BCUT2D eigenvalue weighted by atomic mass is 32.1. The van der Waals surface area contributed by atoms with Crippen LogP contribution in [0.15, 0.2) is 35.7 Å². The molecule has 1 amide bonds. The Morgan fingerprint density at radius 2 is 2.05 bits per heavy atom. The van der Waals surface area contributed by atoms with Gasteiger partial charge in [0.05, 0.1) is 11.4 Å². The number of carbonyl (C=O) groups excluding carboxylic acids is 1. The highest BCUT2D eigenvalue weighted by Crippen LogP contribution is 2.20. The summed E-state index contributed by atoms with van der Waals surface area (Å²) in [7, 11) is 0. The predicted molar refractivity (Wildman–Crippen MR) is 93.6 cm³/mol. The number of anilines is 1. The largest absolute Gasteiger partial charge is 0.323 e. The van der Waals surface area contributed by atoms with Crippen molar-refractivity contribution in [2.45, 2.75) is 33.7 Å². The van der Waals surface area contributed by atoms with Crippen LogP contribution in [0.1, 0.15) is 29.9 Å². The Morgan fingerprint density at radius 1 is 1.23 bits per heavy atom. The minimum atomic E-state index is 0.0948. The Balaban J connectivity index is 2.00. The maximum absolute atomic E-state index is 12.4. The molecule has 0 aliphatic carbocycles. The van der Waals surface area contributed by atoms with Crippen molar-refractivity contribution in [3.63, 3.8) is 0 Å². The van der Waals surface area contributed by atoms with Crippen molar-refractivity contribution in [3.05, 3.63) is 51.7 Å². The second-order valence-corrected chi connectivity index (χ2v) is 6.58. The van der Waals surface area contributed by atoms with E-state index in [1.165, 1.54) is 15.3 Å². The van der Waals surface area contributed by atoms with E-state index < -0.39 is 0 Å². The minimum absolute atomic E-state index is 0.0948. The van der Waals surface area contributed by atoms with E-state index in [4.69, 9.17) is 0 Å². The van der Waals surface area contributed by atoms with Crippen LogP contribution in [-0.2, 0) is 17.8 Å². The van der Waals surface area contributed by atoms with Gasteiger partial charge in [0.2, 0.25) is 0 Å². The van der Waals surface area contributed by atoms with Crippen LogP contribution in [0.3, 0.4) is 0 Å². The van der Waals surface area contributed by atoms with Crippen LogP contribution in [0.5, 0.6) is 0 Å². The van der Waals surface area contributed by atoms with Crippen molar-refractivity contribution in [1.82, 2.24) is 0 Å². The maximum Gasteiger partial charge on any atom is 0.279 e. The number of rotatable bonds is 7. The first-order valence-electron chi connectivity index (χ1n) is 7.88. The fourth-order valence-corrected chi connectivity index (χ4v) is 3.36. The molecule has 0 aliphatic rings. The molecular weight excluding hydrogens is 292 g/mol. The molecule has 0 bridgehead atoms. The molecule has 1 aromatic heterocycles. The zero-order chi connectivity index (χ0) is 15.9. The van der Waals surface area contributed by atoms with Gasteiger partial charge >= 0.3 is 0 Å².